The van der Waals surface area contributed by atoms with Crippen molar-refractivity contribution >= 4 is 5.91 Å². The monoisotopic (exact) mass is 233 g/mol. The van der Waals surface area contributed by atoms with Gasteiger partial charge in [-0.1, -0.05) is 32.9 Å². The highest BCUT2D eigenvalue weighted by Gasteiger charge is 2.23. The Kier molecular flexibility index (Phi) is 3.20. The first-order valence-electron chi connectivity index (χ1n) is 5.97. The summed E-state index contributed by atoms with van der Waals surface area (Å²) in [5.41, 5.74) is 2.06. The number of carbonyl (C=O) groups excluding carboxylic acids is 1. The second kappa shape index (κ2) is 4.49. The van der Waals surface area contributed by atoms with Crippen LogP contribution < -0.4 is 5.32 Å². The Labute approximate surface area is 102 Å². The van der Waals surface area contributed by atoms with E-state index in [1.807, 2.05) is 24.3 Å². The fraction of sp³-hybridized carbons (Fsp3) is 0.500. The predicted molar refractivity (Wildman–Crippen MR) is 67.2 cm³/mol. The summed E-state index contributed by atoms with van der Waals surface area (Å²) < 4.78 is 5.04. The van der Waals surface area contributed by atoms with Crippen molar-refractivity contribution in [3.63, 3.8) is 0 Å². The molecule has 3 heteroatoms. The molecule has 1 aromatic carbocycles. The maximum Gasteiger partial charge on any atom is 0.251 e. The molecule has 17 heavy (non-hydrogen) atoms. The molecule has 0 spiro atoms. The molecule has 2 rings (SSSR count). The molecule has 1 aromatic rings. The molecule has 0 saturated carbocycles. The molecule has 1 saturated heterocycles. The summed E-state index contributed by atoms with van der Waals surface area (Å²) in [5.74, 6) is -0.0269. The molecule has 1 aliphatic heterocycles. The number of amides is 1. The third-order valence-electron chi connectivity index (χ3n) is 2.91. The summed E-state index contributed by atoms with van der Waals surface area (Å²) >= 11 is 0. The van der Waals surface area contributed by atoms with Gasteiger partial charge in [0.15, 0.2) is 0 Å². The number of benzene rings is 1. The Morgan fingerprint density at radius 2 is 1.94 bits per heavy atom. The van der Waals surface area contributed by atoms with Crippen molar-refractivity contribution in [3.05, 3.63) is 35.4 Å². The Balaban J connectivity index is 1.98. The van der Waals surface area contributed by atoms with Gasteiger partial charge in [-0.05, 0) is 23.1 Å². The van der Waals surface area contributed by atoms with E-state index in [4.69, 9.17) is 4.74 Å². The minimum atomic E-state index is -0.0269. The smallest absolute Gasteiger partial charge is 0.251 e. The highest BCUT2D eigenvalue weighted by Crippen LogP contribution is 2.22. The number of rotatable bonds is 3. The van der Waals surface area contributed by atoms with Gasteiger partial charge in [0.25, 0.3) is 5.91 Å². The van der Waals surface area contributed by atoms with E-state index in [0.717, 1.165) is 6.61 Å². The lowest BCUT2D eigenvalue weighted by Crippen LogP contribution is -2.27. The Bertz CT molecular complexity index is 399. The number of carbonyl (C=O) groups is 1. The van der Waals surface area contributed by atoms with Crippen LogP contribution in [-0.4, -0.2) is 25.2 Å². The van der Waals surface area contributed by atoms with E-state index < -0.39 is 0 Å². The Hall–Kier alpha value is -1.35. The zero-order valence-electron chi connectivity index (χ0n) is 10.6. The average molecular weight is 233 g/mol. The maximum atomic E-state index is 11.8. The van der Waals surface area contributed by atoms with Crippen LogP contribution in [0.4, 0.5) is 0 Å². The molecular weight excluding hydrogens is 214 g/mol. The zero-order chi connectivity index (χ0) is 12.5. The molecule has 1 aliphatic rings. The summed E-state index contributed by atoms with van der Waals surface area (Å²) in [7, 11) is 0. The molecule has 1 fully saturated rings. The lowest BCUT2D eigenvalue weighted by atomic mass is 9.87. The highest BCUT2D eigenvalue weighted by molar-refractivity contribution is 5.94. The first-order valence-corrected chi connectivity index (χ1v) is 5.97. The van der Waals surface area contributed by atoms with Crippen LogP contribution in [0, 0.1) is 0 Å². The zero-order valence-corrected chi connectivity index (χ0v) is 10.6. The van der Waals surface area contributed by atoms with Crippen LogP contribution >= 0.6 is 0 Å². The molecule has 0 aromatic heterocycles. The van der Waals surface area contributed by atoms with Crippen molar-refractivity contribution in [1.29, 1.82) is 0 Å². The van der Waals surface area contributed by atoms with Crippen LogP contribution in [-0.2, 0) is 10.2 Å². The molecule has 0 bridgehead atoms. The van der Waals surface area contributed by atoms with E-state index in [-0.39, 0.29) is 17.4 Å². The van der Waals surface area contributed by atoms with Gasteiger partial charge in [0.05, 0.1) is 12.7 Å². The number of hydrogen-bond donors (Lipinski definition) is 1. The largest absolute Gasteiger partial charge is 0.371 e. The summed E-state index contributed by atoms with van der Waals surface area (Å²) in [6.07, 6.45) is 0.229. The standard InChI is InChI=1S/C14H19NO2/c1-14(2,3)11-6-4-10(5-7-11)13(16)15-8-12-9-17-12/h4-7,12H,8-9H2,1-3H3,(H,15,16)/t12-/m1/s1. The molecule has 1 atom stereocenters. The average Bonchev–Trinajstić information content (AvgIpc) is 3.09. The van der Waals surface area contributed by atoms with Crippen molar-refractivity contribution in [2.24, 2.45) is 0 Å². The Morgan fingerprint density at radius 1 is 1.35 bits per heavy atom. The maximum absolute atomic E-state index is 11.8. The molecule has 0 unspecified atom stereocenters. The van der Waals surface area contributed by atoms with E-state index in [1.54, 1.807) is 0 Å². The van der Waals surface area contributed by atoms with Crippen LogP contribution in [0.25, 0.3) is 0 Å². The van der Waals surface area contributed by atoms with Gasteiger partial charge < -0.3 is 10.1 Å². The minimum Gasteiger partial charge on any atom is -0.371 e. The molecule has 3 nitrogen and oxygen atoms in total. The number of ether oxygens (including phenoxy) is 1. The second-order valence-electron chi connectivity index (χ2n) is 5.49. The molecule has 1 N–H and O–H groups in total. The first-order chi connectivity index (χ1) is 7.97. The van der Waals surface area contributed by atoms with Gasteiger partial charge in [0.2, 0.25) is 0 Å². The van der Waals surface area contributed by atoms with Crippen LogP contribution in [0.3, 0.4) is 0 Å². The summed E-state index contributed by atoms with van der Waals surface area (Å²) in [6.45, 7) is 7.86. The van der Waals surface area contributed by atoms with E-state index in [0.29, 0.717) is 12.1 Å². The number of hydrogen-bond acceptors (Lipinski definition) is 2. The van der Waals surface area contributed by atoms with E-state index >= 15 is 0 Å². The topological polar surface area (TPSA) is 41.6 Å². The molecule has 92 valence electrons. The van der Waals surface area contributed by atoms with Crippen molar-refractivity contribution < 1.29 is 9.53 Å². The van der Waals surface area contributed by atoms with E-state index in [2.05, 4.69) is 26.1 Å². The van der Waals surface area contributed by atoms with Gasteiger partial charge in [0.1, 0.15) is 0 Å². The van der Waals surface area contributed by atoms with Gasteiger partial charge in [-0.3, -0.25) is 4.79 Å². The molecular formula is C14H19NO2. The second-order valence-corrected chi connectivity index (χ2v) is 5.49. The SMILES string of the molecule is CC(C)(C)c1ccc(C(=O)NC[C@@H]2CO2)cc1. The van der Waals surface area contributed by atoms with Gasteiger partial charge in [-0.25, -0.2) is 0 Å². The van der Waals surface area contributed by atoms with Gasteiger partial charge in [-0.15, -0.1) is 0 Å². The highest BCUT2D eigenvalue weighted by atomic mass is 16.6. The van der Waals surface area contributed by atoms with Crippen LogP contribution in [0.1, 0.15) is 36.7 Å². The van der Waals surface area contributed by atoms with Crippen molar-refractivity contribution in [2.75, 3.05) is 13.2 Å². The van der Waals surface area contributed by atoms with Crippen molar-refractivity contribution in [2.45, 2.75) is 32.3 Å². The van der Waals surface area contributed by atoms with E-state index in [1.165, 1.54) is 5.56 Å². The Morgan fingerprint density at radius 3 is 2.41 bits per heavy atom. The van der Waals surface area contributed by atoms with Gasteiger partial charge in [-0.2, -0.15) is 0 Å². The number of nitrogens with one attached hydrogen (secondary N) is 1. The van der Waals surface area contributed by atoms with Crippen LogP contribution in [0.5, 0.6) is 0 Å². The van der Waals surface area contributed by atoms with Gasteiger partial charge >= 0.3 is 0 Å². The van der Waals surface area contributed by atoms with Crippen LogP contribution in [0.15, 0.2) is 24.3 Å². The predicted octanol–water partition coefficient (Wildman–Crippen LogP) is 2.11. The van der Waals surface area contributed by atoms with E-state index in [9.17, 15) is 4.79 Å². The summed E-state index contributed by atoms with van der Waals surface area (Å²) in [6, 6.07) is 7.79. The quantitative estimate of drug-likeness (QED) is 0.812. The summed E-state index contributed by atoms with van der Waals surface area (Å²) in [4.78, 5) is 11.8. The third kappa shape index (κ3) is 3.30. The lowest BCUT2D eigenvalue weighted by molar-refractivity contribution is 0.0950. The van der Waals surface area contributed by atoms with Crippen LogP contribution in [0.2, 0.25) is 0 Å². The fourth-order valence-corrected chi connectivity index (χ4v) is 1.62. The fourth-order valence-electron chi connectivity index (χ4n) is 1.62. The third-order valence-corrected chi connectivity index (χ3v) is 2.91. The lowest BCUT2D eigenvalue weighted by Gasteiger charge is -2.19. The first kappa shape index (κ1) is 12.1. The van der Waals surface area contributed by atoms with Gasteiger partial charge in [0, 0.05) is 12.1 Å². The number of epoxide rings is 1. The molecule has 0 aliphatic carbocycles. The molecule has 1 heterocycles. The molecule has 0 radical (unpaired) electrons. The minimum absolute atomic E-state index is 0.0269. The van der Waals surface area contributed by atoms with Crippen molar-refractivity contribution in [3.8, 4) is 0 Å². The van der Waals surface area contributed by atoms with Crippen molar-refractivity contribution in [1.82, 2.24) is 5.32 Å². The summed E-state index contributed by atoms with van der Waals surface area (Å²) in [5, 5.41) is 2.86. The normalized spacial score (nSPS) is 18.9. The molecule has 1 amide bonds.